The third kappa shape index (κ3) is 2.96. The summed E-state index contributed by atoms with van der Waals surface area (Å²) in [6.45, 7) is 0. The molecular weight excluding hydrogens is 332 g/mol. The molecule has 0 aliphatic rings. The van der Waals surface area contributed by atoms with Crippen molar-refractivity contribution in [3.63, 3.8) is 0 Å². The van der Waals surface area contributed by atoms with Crippen LogP contribution in [0, 0.1) is 11.6 Å². The Kier molecular flexibility index (Phi) is 4.34. The highest BCUT2D eigenvalue weighted by molar-refractivity contribution is 9.10. The quantitative estimate of drug-likeness (QED) is 0.916. The molecular formula is C14H10BrF2NO2. The van der Waals surface area contributed by atoms with Gasteiger partial charge in [-0.05, 0) is 40.2 Å². The summed E-state index contributed by atoms with van der Waals surface area (Å²) in [5.74, 6) is -1.83. The lowest BCUT2D eigenvalue weighted by atomic mass is 10.2. The van der Waals surface area contributed by atoms with Crippen LogP contribution in [0.2, 0.25) is 0 Å². The van der Waals surface area contributed by atoms with Gasteiger partial charge < -0.3 is 10.1 Å². The molecule has 0 aliphatic carbocycles. The molecule has 1 N–H and O–H groups in total. The van der Waals surface area contributed by atoms with E-state index in [1.165, 1.54) is 31.4 Å². The Morgan fingerprint density at radius 1 is 1.20 bits per heavy atom. The van der Waals surface area contributed by atoms with E-state index in [9.17, 15) is 13.6 Å². The fourth-order valence-electron chi connectivity index (χ4n) is 1.65. The Hall–Kier alpha value is -1.95. The van der Waals surface area contributed by atoms with Gasteiger partial charge in [-0.1, -0.05) is 6.07 Å². The van der Waals surface area contributed by atoms with Gasteiger partial charge in [0.15, 0.2) is 11.6 Å². The number of halogens is 3. The molecule has 1 amide bonds. The standard InChI is InChI=1S/C14H10BrF2NO2/c1-20-12-7-8(5-6-10(12)16)18-14(19)13-9(15)3-2-4-11(13)17/h2-7H,1H3,(H,18,19). The van der Waals surface area contributed by atoms with Crippen molar-refractivity contribution in [2.45, 2.75) is 0 Å². The maximum atomic E-state index is 13.6. The molecule has 3 nitrogen and oxygen atoms in total. The number of amides is 1. The van der Waals surface area contributed by atoms with E-state index in [2.05, 4.69) is 21.2 Å². The van der Waals surface area contributed by atoms with Gasteiger partial charge in [-0.2, -0.15) is 0 Å². The molecule has 2 aromatic rings. The Balaban J connectivity index is 2.28. The molecule has 2 rings (SSSR count). The van der Waals surface area contributed by atoms with Gasteiger partial charge in [0, 0.05) is 16.2 Å². The number of anilines is 1. The Bertz CT molecular complexity index is 641. The smallest absolute Gasteiger partial charge is 0.259 e. The van der Waals surface area contributed by atoms with Crippen LogP contribution in [0.5, 0.6) is 5.75 Å². The molecule has 0 aromatic heterocycles. The number of hydrogen-bond acceptors (Lipinski definition) is 2. The number of carbonyl (C=O) groups is 1. The van der Waals surface area contributed by atoms with Gasteiger partial charge in [-0.25, -0.2) is 8.78 Å². The average molecular weight is 342 g/mol. The van der Waals surface area contributed by atoms with Crippen LogP contribution in [0.4, 0.5) is 14.5 Å². The topological polar surface area (TPSA) is 38.3 Å². The second kappa shape index (κ2) is 6.00. The van der Waals surface area contributed by atoms with Crippen molar-refractivity contribution >= 4 is 27.5 Å². The van der Waals surface area contributed by atoms with Crippen molar-refractivity contribution in [2.75, 3.05) is 12.4 Å². The maximum absolute atomic E-state index is 13.6. The van der Waals surface area contributed by atoms with Crippen LogP contribution in [0.25, 0.3) is 0 Å². The lowest BCUT2D eigenvalue weighted by Gasteiger charge is -2.09. The molecule has 0 radical (unpaired) electrons. The second-order valence-electron chi connectivity index (χ2n) is 3.90. The predicted molar refractivity (Wildman–Crippen MR) is 75.0 cm³/mol. The van der Waals surface area contributed by atoms with Crippen molar-refractivity contribution in [1.82, 2.24) is 0 Å². The number of carbonyl (C=O) groups excluding carboxylic acids is 1. The van der Waals surface area contributed by atoms with E-state index < -0.39 is 17.5 Å². The predicted octanol–water partition coefficient (Wildman–Crippen LogP) is 3.99. The molecule has 6 heteroatoms. The summed E-state index contributed by atoms with van der Waals surface area (Å²) in [6.07, 6.45) is 0. The first kappa shape index (κ1) is 14.5. The maximum Gasteiger partial charge on any atom is 0.259 e. The first-order valence-corrected chi connectivity index (χ1v) is 6.41. The molecule has 0 bridgehead atoms. The zero-order valence-electron chi connectivity index (χ0n) is 10.4. The molecule has 20 heavy (non-hydrogen) atoms. The minimum absolute atomic E-state index is 0.00426. The van der Waals surface area contributed by atoms with Crippen LogP contribution >= 0.6 is 15.9 Å². The van der Waals surface area contributed by atoms with E-state index in [1.54, 1.807) is 6.07 Å². The highest BCUT2D eigenvalue weighted by atomic mass is 79.9. The molecule has 0 fully saturated rings. The minimum atomic E-state index is -0.647. The zero-order valence-corrected chi connectivity index (χ0v) is 12.0. The molecule has 0 heterocycles. The monoisotopic (exact) mass is 341 g/mol. The third-order valence-electron chi connectivity index (χ3n) is 2.60. The van der Waals surface area contributed by atoms with Gasteiger partial charge in [-0.15, -0.1) is 0 Å². The van der Waals surface area contributed by atoms with E-state index in [4.69, 9.17) is 4.74 Å². The Labute approximate surface area is 122 Å². The van der Waals surface area contributed by atoms with Crippen LogP contribution in [0.3, 0.4) is 0 Å². The first-order chi connectivity index (χ1) is 9.52. The van der Waals surface area contributed by atoms with Crippen LogP contribution < -0.4 is 10.1 Å². The van der Waals surface area contributed by atoms with Crippen molar-refractivity contribution in [3.8, 4) is 5.75 Å². The summed E-state index contributed by atoms with van der Waals surface area (Å²) in [4.78, 5) is 12.0. The van der Waals surface area contributed by atoms with Crippen LogP contribution in [-0.2, 0) is 0 Å². The van der Waals surface area contributed by atoms with Crippen molar-refractivity contribution < 1.29 is 18.3 Å². The zero-order chi connectivity index (χ0) is 14.7. The number of methoxy groups -OCH3 is 1. The summed E-state index contributed by atoms with van der Waals surface area (Å²) >= 11 is 3.12. The number of ether oxygens (including phenoxy) is 1. The SMILES string of the molecule is COc1cc(NC(=O)c2c(F)cccc2Br)ccc1F. The van der Waals surface area contributed by atoms with Gasteiger partial charge in [0.1, 0.15) is 5.82 Å². The molecule has 2 aromatic carbocycles. The van der Waals surface area contributed by atoms with Crippen LogP contribution in [0.15, 0.2) is 40.9 Å². The molecule has 0 saturated carbocycles. The van der Waals surface area contributed by atoms with Crippen molar-refractivity contribution in [2.24, 2.45) is 0 Å². The van der Waals surface area contributed by atoms with Crippen LogP contribution in [-0.4, -0.2) is 13.0 Å². The van der Waals surface area contributed by atoms with Crippen LogP contribution in [0.1, 0.15) is 10.4 Å². The lowest BCUT2D eigenvalue weighted by molar-refractivity contribution is 0.102. The lowest BCUT2D eigenvalue weighted by Crippen LogP contribution is -2.14. The normalized spacial score (nSPS) is 10.2. The van der Waals surface area contributed by atoms with Gasteiger partial charge in [0.25, 0.3) is 5.91 Å². The van der Waals surface area contributed by atoms with E-state index in [-0.39, 0.29) is 11.3 Å². The summed E-state index contributed by atoms with van der Waals surface area (Å²) in [5, 5.41) is 2.49. The van der Waals surface area contributed by atoms with Crippen molar-refractivity contribution in [1.29, 1.82) is 0 Å². The number of nitrogens with one attached hydrogen (secondary N) is 1. The highest BCUT2D eigenvalue weighted by Crippen LogP contribution is 2.24. The molecule has 0 spiro atoms. The fourth-order valence-corrected chi connectivity index (χ4v) is 2.17. The summed E-state index contributed by atoms with van der Waals surface area (Å²) in [7, 11) is 1.32. The van der Waals surface area contributed by atoms with Gasteiger partial charge in [0.05, 0.1) is 12.7 Å². The fraction of sp³-hybridized carbons (Fsp3) is 0.0714. The minimum Gasteiger partial charge on any atom is -0.494 e. The summed E-state index contributed by atoms with van der Waals surface area (Å²) in [5.41, 5.74) is 0.194. The van der Waals surface area contributed by atoms with E-state index in [1.807, 2.05) is 0 Å². The number of benzene rings is 2. The molecule has 0 saturated heterocycles. The number of hydrogen-bond donors (Lipinski definition) is 1. The largest absolute Gasteiger partial charge is 0.494 e. The Morgan fingerprint density at radius 3 is 2.60 bits per heavy atom. The van der Waals surface area contributed by atoms with E-state index in [0.717, 1.165) is 6.07 Å². The van der Waals surface area contributed by atoms with Gasteiger partial charge in [0.2, 0.25) is 0 Å². The van der Waals surface area contributed by atoms with E-state index in [0.29, 0.717) is 10.2 Å². The highest BCUT2D eigenvalue weighted by Gasteiger charge is 2.16. The molecule has 104 valence electrons. The van der Waals surface area contributed by atoms with Gasteiger partial charge >= 0.3 is 0 Å². The molecule has 0 atom stereocenters. The van der Waals surface area contributed by atoms with Gasteiger partial charge in [-0.3, -0.25) is 4.79 Å². The summed E-state index contributed by atoms with van der Waals surface area (Å²) in [6, 6.07) is 8.07. The second-order valence-corrected chi connectivity index (χ2v) is 4.75. The third-order valence-corrected chi connectivity index (χ3v) is 3.26. The van der Waals surface area contributed by atoms with E-state index >= 15 is 0 Å². The molecule has 0 aliphatic heterocycles. The Morgan fingerprint density at radius 2 is 1.95 bits per heavy atom. The number of rotatable bonds is 3. The van der Waals surface area contributed by atoms with Crippen molar-refractivity contribution in [3.05, 3.63) is 58.1 Å². The first-order valence-electron chi connectivity index (χ1n) is 5.62. The molecule has 0 unspecified atom stereocenters. The summed E-state index contributed by atoms with van der Waals surface area (Å²) < 4.78 is 32.0. The average Bonchev–Trinajstić information content (AvgIpc) is 2.40.